The number of nitrogens with zero attached hydrogens (tertiary/aromatic N) is 2. The molecule has 4 N–H and O–H groups in total. The first-order valence-corrected chi connectivity index (χ1v) is 9.50. The first kappa shape index (κ1) is 24.0. The number of anilines is 2. The van der Waals surface area contributed by atoms with E-state index in [9.17, 15) is 9.50 Å². The third-order valence-electron chi connectivity index (χ3n) is 4.92. The van der Waals surface area contributed by atoms with Gasteiger partial charge in [0.2, 0.25) is 0 Å². The Kier molecular flexibility index (Phi) is 8.97. The van der Waals surface area contributed by atoms with Gasteiger partial charge in [-0.25, -0.2) is 9.38 Å². The van der Waals surface area contributed by atoms with Gasteiger partial charge in [-0.05, 0) is 42.7 Å². The highest BCUT2D eigenvalue weighted by molar-refractivity contribution is 14.0. The van der Waals surface area contributed by atoms with Gasteiger partial charge in [0.05, 0.1) is 38.2 Å². The molecule has 0 amide bonds. The summed E-state index contributed by atoms with van der Waals surface area (Å²) < 4.78 is 25.1. The number of aliphatic hydroxyl groups is 1. The van der Waals surface area contributed by atoms with Crippen molar-refractivity contribution in [1.29, 1.82) is 0 Å². The molecule has 1 fully saturated rings. The summed E-state index contributed by atoms with van der Waals surface area (Å²) in [7, 11) is 3.14. The fraction of sp³-hybridized carbons (Fsp3) is 0.381. The van der Waals surface area contributed by atoms with Crippen LogP contribution < -0.4 is 25.4 Å². The number of piperidine rings is 1. The molecule has 1 heterocycles. The molecule has 1 aliphatic heterocycles. The van der Waals surface area contributed by atoms with Crippen molar-refractivity contribution in [3.05, 3.63) is 47.8 Å². The first-order valence-electron chi connectivity index (χ1n) is 9.50. The van der Waals surface area contributed by atoms with Crippen LogP contribution in [0.4, 0.5) is 15.8 Å². The number of ether oxygens (including phenoxy) is 2. The summed E-state index contributed by atoms with van der Waals surface area (Å²) in [6.45, 7) is 1.53. The Morgan fingerprint density at radius 3 is 2.57 bits per heavy atom. The predicted octanol–water partition coefficient (Wildman–Crippen LogP) is 3.35. The lowest BCUT2D eigenvalue weighted by atomic mass is 10.1. The van der Waals surface area contributed by atoms with Gasteiger partial charge in [0.1, 0.15) is 17.3 Å². The molecule has 0 bridgehead atoms. The molecule has 0 aliphatic carbocycles. The van der Waals surface area contributed by atoms with Gasteiger partial charge in [0.15, 0.2) is 5.96 Å². The van der Waals surface area contributed by atoms with Gasteiger partial charge in [-0.3, -0.25) is 0 Å². The van der Waals surface area contributed by atoms with E-state index in [-0.39, 0.29) is 48.4 Å². The van der Waals surface area contributed by atoms with Crippen LogP contribution in [0, 0.1) is 5.82 Å². The molecule has 0 spiro atoms. The third-order valence-corrected chi connectivity index (χ3v) is 4.92. The number of halogens is 2. The second-order valence-electron chi connectivity index (χ2n) is 6.90. The summed E-state index contributed by atoms with van der Waals surface area (Å²) in [6, 6.07) is 10.4. The van der Waals surface area contributed by atoms with Crippen molar-refractivity contribution < 1.29 is 19.0 Å². The lowest BCUT2D eigenvalue weighted by Gasteiger charge is -2.31. The number of hydrogen-bond acceptors (Lipinski definition) is 5. The van der Waals surface area contributed by atoms with Gasteiger partial charge < -0.3 is 30.5 Å². The maximum atomic E-state index is 14.6. The van der Waals surface area contributed by atoms with Gasteiger partial charge in [-0.1, -0.05) is 6.07 Å². The van der Waals surface area contributed by atoms with E-state index in [1.165, 1.54) is 6.07 Å². The number of rotatable bonds is 6. The summed E-state index contributed by atoms with van der Waals surface area (Å²) in [5.41, 5.74) is 7.88. The molecule has 3 rings (SSSR count). The minimum atomic E-state index is -0.296. The molecule has 0 aromatic heterocycles. The minimum absolute atomic E-state index is 0. The molecular weight excluding hydrogens is 502 g/mol. The Morgan fingerprint density at radius 1 is 1.20 bits per heavy atom. The zero-order valence-corrected chi connectivity index (χ0v) is 19.4. The van der Waals surface area contributed by atoms with Crippen LogP contribution in [0.2, 0.25) is 0 Å². The first-order chi connectivity index (χ1) is 14.0. The van der Waals surface area contributed by atoms with E-state index in [1.807, 2.05) is 11.0 Å². The zero-order valence-electron chi connectivity index (χ0n) is 17.1. The normalized spacial score (nSPS) is 14.8. The average molecular weight is 530 g/mol. The van der Waals surface area contributed by atoms with Crippen LogP contribution >= 0.6 is 24.0 Å². The lowest BCUT2D eigenvalue weighted by molar-refractivity contribution is 0.145. The van der Waals surface area contributed by atoms with E-state index in [4.69, 9.17) is 15.2 Å². The SMILES string of the molecule is COc1ccc(OC)c(NC(N)=NCc2ccc(N3CCC(O)CC3)c(F)c2)c1.I. The maximum absolute atomic E-state index is 14.6. The van der Waals surface area contributed by atoms with Gasteiger partial charge in [-0.15, -0.1) is 24.0 Å². The van der Waals surface area contributed by atoms with Crippen molar-refractivity contribution in [3.8, 4) is 11.5 Å². The molecule has 0 atom stereocenters. The molecule has 164 valence electrons. The van der Waals surface area contributed by atoms with Gasteiger partial charge in [-0.2, -0.15) is 0 Å². The van der Waals surface area contributed by atoms with Gasteiger partial charge in [0.25, 0.3) is 0 Å². The predicted molar refractivity (Wildman–Crippen MR) is 128 cm³/mol. The minimum Gasteiger partial charge on any atom is -0.497 e. The Hall–Kier alpha value is -2.27. The van der Waals surface area contributed by atoms with Crippen LogP contribution in [0.1, 0.15) is 18.4 Å². The highest BCUT2D eigenvalue weighted by Gasteiger charge is 2.19. The second-order valence-corrected chi connectivity index (χ2v) is 6.90. The molecule has 30 heavy (non-hydrogen) atoms. The lowest BCUT2D eigenvalue weighted by Crippen LogP contribution is -2.36. The number of benzene rings is 2. The van der Waals surface area contributed by atoms with Crippen molar-refractivity contribution in [1.82, 2.24) is 0 Å². The van der Waals surface area contributed by atoms with E-state index in [1.54, 1.807) is 38.5 Å². The van der Waals surface area contributed by atoms with Crippen molar-refractivity contribution in [2.75, 3.05) is 37.5 Å². The largest absolute Gasteiger partial charge is 0.497 e. The Bertz CT molecular complexity index is 873. The molecule has 0 saturated carbocycles. The van der Waals surface area contributed by atoms with E-state index in [0.717, 1.165) is 0 Å². The zero-order chi connectivity index (χ0) is 20.8. The summed E-state index contributed by atoms with van der Waals surface area (Å²) in [5.74, 6) is 1.15. The van der Waals surface area contributed by atoms with E-state index in [0.29, 0.717) is 54.4 Å². The molecule has 9 heteroatoms. The summed E-state index contributed by atoms with van der Waals surface area (Å²) in [6.07, 6.45) is 1.02. The van der Waals surface area contributed by atoms with Crippen LogP contribution in [0.3, 0.4) is 0 Å². The van der Waals surface area contributed by atoms with Gasteiger partial charge >= 0.3 is 0 Å². The maximum Gasteiger partial charge on any atom is 0.193 e. The number of hydrogen-bond donors (Lipinski definition) is 3. The second kappa shape index (κ2) is 11.2. The molecule has 7 nitrogen and oxygen atoms in total. The Morgan fingerprint density at radius 2 is 1.93 bits per heavy atom. The van der Waals surface area contributed by atoms with Crippen LogP contribution in [0.5, 0.6) is 11.5 Å². The molecule has 2 aromatic carbocycles. The van der Waals surface area contributed by atoms with Crippen LogP contribution in [0.25, 0.3) is 0 Å². The number of aliphatic imine (C=N–C) groups is 1. The van der Waals surface area contributed by atoms with Crippen LogP contribution in [-0.2, 0) is 6.54 Å². The summed E-state index contributed by atoms with van der Waals surface area (Å²) in [5, 5.41) is 12.6. The van der Waals surface area contributed by atoms with Crippen LogP contribution in [-0.4, -0.2) is 44.5 Å². The highest BCUT2D eigenvalue weighted by Crippen LogP contribution is 2.29. The van der Waals surface area contributed by atoms with Crippen LogP contribution in [0.15, 0.2) is 41.4 Å². The van der Waals surface area contributed by atoms with Crippen molar-refractivity contribution >= 4 is 41.3 Å². The quantitative estimate of drug-likeness (QED) is 0.302. The van der Waals surface area contributed by atoms with Crippen molar-refractivity contribution in [2.45, 2.75) is 25.5 Å². The fourth-order valence-corrected chi connectivity index (χ4v) is 3.28. The van der Waals surface area contributed by atoms with E-state index >= 15 is 0 Å². The molecular formula is C21H28FIN4O3. The molecule has 1 saturated heterocycles. The molecule has 2 aromatic rings. The smallest absolute Gasteiger partial charge is 0.193 e. The number of aliphatic hydroxyl groups excluding tert-OH is 1. The average Bonchev–Trinajstić information content (AvgIpc) is 2.73. The number of guanidine groups is 1. The topological polar surface area (TPSA) is 92.3 Å². The molecule has 1 aliphatic rings. The standard InChI is InChI=1S/C21H27FN4O3.HI/c1-28-16-4-6-20(29-2)18(12-16)25-21(23)24-13-14-3-5-19(17(22)11-14)26-9-7-15(27)8-10-26;/h3-6,11-12,15,27H,7-10,13H2,1-2H3,(H3,23,24,25);1H. The fourth-order valence-electron chi connectivity index (χ4n) is 3.28. The molecule has 0 unspecified atom stereocenters. The Balaban J connectivity index is 0.00000320. The van der Waals surface area contributed by atoms with Crippen molar-refractivity contribution in [2.24, 2.45) is 10.7 Å². The van der Waals surface area contributed by atoms with E-state index in [2.05, 4.69) is 10.3 Å². The number of nitrogens with two attached hydrogens (primary N) is 1. The Labute approximate surface area is 193 Å². The number of nitrogens with one attached hydrogen (secondary N) is 1. The third kappa shape index (κ3) is 6.11. The van der Waals surface area contributed by atoms with Gasteiger partial charge in [0, 0.05) is 19.2 Å². The summed E-state index contributed by atoms with van der Waals surface area (Å²) in [4.78, 5) is 6.25. The monoisotopic (exact) mass is 530 g/mol. The van der Waals surface area contributed by atoms with Crippen molar-refractivity contribution in [3.63, 3.8) is 0 Å². The summed E-state index contributed by atoms with van der Waals surface area (Å²) >= 11 is 0. The highest BCUT2D eigenvalue weighted by atomic mass is 127. The number of methoxy groups -OCH3 is 2. The van der Waals surface area contributed by atoms with E-state index < -0.39 is 0 Å². The molecule has 0 radical (unpaired) electrons.